The fraction of sp³-hybridized carbons (Fsp3) is 0.316. The van der Waals surface area contributed by atoms with Crippen LogP contribution in [0.4, 0.5) is 5.95 Å². The van der Waals surface area contributed by atoms with Gasteiger partial charge in [0.1, 0.15) is 5.52 Å². The lowest BCUT2D eigenvalue weighted by molar-refractivity contribution is 0.193. The molecule has 0 bridgehead atoms. The maximum absolute atomic E-state index is 5.57. The van der Waals surface area contributed by atoms with Gasteiger partial charge in [-0.15, -0.1) is 5.10 Å². The molecular formula is C19H22N8. The van der Waals surface area contributed by atoms with Gasteiger partial charge in [-0.25, -0.2) is 19.5 Å². The van der Waals surface area contributed by atoms with Crippen LogP contribution in [0.3, 0.4) is 0 Å². The quantitative estimate of drug-likeness (QED) is 0.585. The van der Waals surface area contributed by atoms with Crippen LogP contribution >= 0.6 is 0 Å². The van der Waals surface area contributed by atoms with Crippen LogP contribution in [0.2, 0.25) is 0 Å². The molecule has 0 aromatic carbocycles. The highest BCUT2D eigenvalue weighted by Gasteiger charge is 2.18. The molecule has 1 saturated carbocycles. The van der Waals surface area contributed by atoms with Crippen molar-refractivity contribution in [2.24, 2.45) is 0 Å². The molecule has 0 radical (unpaired) electrons. The molecule has 1 aliphatic carbocycles. The third-order valence-electron chi connectivity index (χ3n) is 4.87. The third kappa shape index (κ3) is 3.56. The average Bonchev–Trinajstić information content (AvgIpc) is 3.03. The van der Waals surface area contributed by atoms with E-state index in [0.29, 0.717) is 5.65 Å². The number of aromatic nitrogens is 6. The summed E-state index contributed by atoms with van der Waals surface area (Å²) in [5.74, 6) is 0.238. The van der Waals surface area contributed by atoms with E-state index in [9.17, 15) is 0 Å². The van der Waals surface area contributed by atoms with Gasteiger partial charge in [0.2, 0.25) is 5.95 Å². The number of anilines is 1. The lowest BCUT2D eigenvalue weighted by atomic mass is 9.92. The zero-order valence-corrected chi connectivity index (χ0v) is 15.4. The Labute approximate surface area is 157 Å². The molecule has 2 N–H and O–H groups in total. The zero-order valence-electron chi connectivity index (χ0n) is 15.4. The van der Waals surface area contributed by atoms with Gasteiger partial charge >= 0.3 is 0 Å². The number of nitrogen functional groups attached to an aromatic ring is 1. The topological polar surface area (TPSA) is 98.1 Å². The van der Waals surface area contributed by atoms with Crippen molar-refractivity contribution >= 4 is 22.6 Å². The first kappa shape index (κ1) is 17.3. The molecule has 0 saturated heterocycles. The van der Waals surface area contributed by atoms with Crippen molar-refractivity contribution in [3.63, 3.8) is 0 Å². The Morgan fingerprint density at radius 1 is 1.07 bits per heavy atom. The van der Waals surface area contributed by atoms with Gasteiger partial charge in [0.05, 0.1) is 11.7 Å². The van der Waals surface area contributed by atoms with Gasteiger partial charge in [0.25, 0.3) is 0 Å². The molecule has 1 aliphatic rings. The van der Waals surface area contributed by atoms with Crippen LogP contribution in [0.1, 0.15) is 19.3 Å². The van der Waals surface area contributed by atoms with Crippen molar-refractivity contribution in [1.82, 2.24) is 34.4 Å². The Balaban J connectivity index is 0.000000218. The summed E-state index contributed by atoms with van der Waals surface area (Å²) >= 11 is 0. The molecule has 27 heavy (non-hydrogen) atoms. The van der Waals surface area contributed by atoms with E-state index in [1.165, 1.54) is 19.3 Å². The second kappa shape index (κ2) is 7.24. The summed E-state index contributed by atoms with van der Waals surface area (Å²) in [7, 11) is 4.31. The monoisotopic (exact) mass is 362 g/mol. The second-order valence-corrected chi connectivity index (χ2v) is 6.85. The molecule has 8 heteroatoms. The van der Waals surface area contributed by atoms with Crippen LogP contribution in [0, 0.1) is 0 Å². The van der Waals surface area contributed by atoms with Crippen LogP contribution in [0.25, 0.3) is 27.8 Å². The van der Waals surface area contributed by atoms with Crippen LogP contribution < -0.4 is 5.73 Å². The van der Waals surface area contributed by atoms with Crippen LogP contribution in [0.5, 0.6) is 0 Å². The van der Waals surface area contributed by atoms with E-state index < -0.39 is 0 Å². The number of hydrogen-bond acceptors (Lipinski definition) is 7. The predicted octanol–water partition coefficient (Wildman–Crippen LogP) is 2.42. The highest BCUT2D eigenvalue weighted by molar-refractivity contribution is 5.84. The van der Waals surface area contributed by atoms with Crippen molar-refractivity contribution < 1.29 is 0 Å². The minimum atomic E-state index is 0.238. The molecule has 138 valence electrons. The zero-order chi connectivity index (χ0) is 18.8. The number of hydrogen-bond donors (Lipinski definition) is 1. The number of nitrogens with zero attached hydrogens (tertiary/aromatic N) is 7. The van der Waals surface area contributed by atoms with Crippen molar-refractivity contribution in [3.05, 3.63) is 43.1 Å². The van der Waals surface area contributed by atoms with E-state index in [0.717, 1.165) is 28.2 Å². The van der Waals surface area contributed by atoms with E-state index in [1.54, 1.807) is 29.3 Å². The lowest BCUT2D eigenvalue weighted by Gasteiger charge is -2.31. The van der Waals surface area contributed by atoms with Crippen LogP contribution in [-0.2, 0) is 0 Å². The molecule has 0 atom stereocenters. The number of pyridine rings is 1. The van der Waals surface area contributed by atoms with E-state index >= 15 is 0 Å². The molecule has 0 unspecified atom stereocenters. The molecule has 1 fully saturated rings. The summed E-state index contributed by atoms with van der Waals surface area (Å²) in [6.07, 6.45) is 12.9. The molecule has 8 nitrogen and oxygen atoms in total. The molecule has 4 heterocycles. The van der Waals surface area contributed by atoms with Gasteiger partial charge < -0.3 is 10.6 Å². The Hall–Kier alpha value is -3.13. The molecule has 0 spiro atoms. The fourth-order valence-electron chi connectivity index (χ4n) is 3.07. The largest absolute Gasteiger partial charge is 0.367 e. The van der Waals surface area contributed by atoms with Gasteiger partial charge in [-0.3, -0.25) is 4.98 Å². The standard InChI is InChI=1S/C13H9N7.C6H13N/c14-13-18-7-11-9(1-4-20(11)19-13)8-5-10-12(17-6-8)16-3-2-15-10;1-7(2)6-4-3-5-6/h1-7H,(H2,14,19);6H,3-5H2,1-2H3. The van der Waals surface area contributed by atoms with E-state index in [1.807, 2.05) is 18.3 Å². The Morgan fingerprint density at radius 3 is 2.59 bits per heavy atom. The SMILES string of the molecule is CN(C)C1CCC1.Nc1ncc2c(-c3cnc4nccnc4c3)ccn2n1. The molecule has 5 rings (SSSR count). The van der Waals surface area contributed by atoms with E-state index in [-0.39, 0.29) is 5.95 Å². The van der Waals surface area contributed by atoms with Crippen molar-refractivity contribution in [2.45, 2.75) is 25.3 Å². The second-order valence-electron chi connectivity index (χ2n) is 6.85. The van der Waals surface area contributed by atoms with Gasteiger partial charge in [-0.05, 0) is 39.1 Å². The van der Waals surface area contributed by atoms with Gasteiger partial charge in [-0.2, -0.15) is 0 Å². The highest BCUT2D eigenvalue weighted by Crippen LogP contribution is 2.26. The smallest absolute Gasteiger partial charge is 0.238 e. The predicted molar refractivity (Wildman–Crippen MR) is 105 cm³/mol. The number of rotatable bonds is 2. The molecular weight excluding hydrogens is 340 g/mol. The minimum Gasteiger partial charge on any atom is -0.367 e. The average molecular weight is 362 g/mol. The van der Waals surface area contributed by atoms with Crippen molar-refractivity contribution in [1.29, 1.82) is 0 Å². The summed E-state index contributed by atoms with van der Waals surface area (Å²) in [5, 5.41) is 4.12. The Kier molecular flexibility index (Phi) is 4.64. The first-order chi connectivity index (χ1) is 13.1. The van der Waals surface area contributed by atoms with Gasteiger partial charge in [-0.1, -0.05) is 6.42 Å². The lowest BCUT2D eigenvalue weighted by Crippen LogP contribution is -2.33. The van der Waals surface area contributed by atoms with Crippen LogP contribution in [0.15, 0.2) is 43.1 Å². The highest BCUT2D eigenvalue weighted by atomic mass is 15.3. The Morgan fingerprint density at radius 2 is 1.89 bits per heavy atom. The van der Waals surface area contributed by atoms with Gasteiger partial charge in [0, 0.05) is 42.0 Å². The molecule has 0 amide bonds. The maximum Gasteiger partial charge on any atom is 0.238 e. The summed E-state index contributed by atoms with van der Waals surface area (Å²) in [6, 6.07) is 4.81. The first-order valence-corrected chi connectivity index (χ1v) is 8.95. The van der Waals surface area contributed by atoms with Gasteiger partial charge in [0.15, 0.2) is 5.65 Å². The fourth-order valence-corrected chi connectivity index (χ4v) is 3.07. The first-order valence-electron chi connectivity index (χ1n) is 8.95. The number of nitrogens with two attached hydrogens (primary N) is 1. The molecule has 0 aliphatic heterocycles. The minimum absolute atomic E-state index is 0.238. The summed E-state index contributed by atoms with van der Waals surface area (Å²) in [6.45, 7) is 0. The van der Waals surface area contributed by atoms with Crippen molar-refractivity contribution in [2.75, 3.05) is 19.8 Å². The third-order valence-corrected chi connectivity index (χ3v) is 4.87. The maximum atomic E-state index is 5.57. The molecule has 4 aromatic heterocycles. The normalized spacial score (nSPS) is 14.2. The van der Waals surface area contributed by atoms with Crippen molar-refractivity contribution in [3.8, 4) is 11.1 Å². The summed E-state index contributed by atoms with van der Waals surface area (Å²) < 4.78 is 1.69. The molecule has 4 aromatic rings. The Bertz CT molecular complexity index is 1070. The van der Waals surface area contributed by atoms with Crippen LogP contribution in [-0.4, -0.2) is 54.6 Å². The number of fused-ring (bicyclic) bond motifs is 2. The van der Waals surface area contributed by atoms with E-state index in [4.69, 9.17) is 5.73 Å². The van der Waals surface area contributed by atoms with E-state index in [2.05, 4.69) is 44.0 Å². The summed E-state index contributed by atoms with van der Waals surface area (Å²) in [5.41, 5.74) is 9.73. The summed E-state index contributed by atoms with van der Waals surface area (Å²) in [4.78, 5) is 19.1.